The van der Waals surface area contributed by atoms with Crippen molar-refractivity contribution in [3.8, 4) is 11.8 Å². The van der Waals surface area contributed by atoms with Crippen LogP contribution in [0, 0.1) is 17.3 Å². The number of rotatable bonds is 7. The molecule has 0 rings (SSSR count). The van der Waals surface area contributed by atoms with Gasteiger partial charge in [0.05, 0.1) is 5.60 Å². The lowest BCUT2D eigenvalue weighted by Crippen LogP contribution is -2.37. The molecule has 2 nitrogen and oxygen atoms in total. The van der Waals surface area contributed by atoms with E-state index in [4.69, 9.17) is 4.74 Å². The van der Waals surface area contributed by atoms with Gasteiger partial charge in [0.25, 0.3) is 0 Å². The molecule has 0 bridgehead atoms. The summed E-state index contributed by atoms with van der Waals surface area (Å²) < 4.78 is 5.51. The Bertz CT molecular complexity index is 278. The van der Waals surface area contributed by atoms with Gasteiger partial charge in [-0.05, 0) is 54.0 Å². The van der Waals surface area contributed by atoms with Gasteiger partial charge in [0.1, 0.15) is 0 Å². The van der Waals surface area contributed by atoms with E-state index in [2.05, 4.69) is 58.7 Å². The Morgan fingerprint density at radius 2 is 1.78 bits per heavy atom. The van der Waals surface area contributed by atoms with Crippen LogP contribution in [0.15, 0.2) is 0 Å². The molecule has 18 heavy (non-hydrogen) atoms. The maximum Gasteiger partial charge on any atom is 0.0637 e. The zero-order valence-corrected chi connectivity index (χ0v) is 13.3. The first kappa shape index (κ1) is 17.5. The van der Waals surface area contributed by atoms with Crippen LogP contribution in [0.4, 0.5) is 0 Å². The van der Waals surface area contributed by atoms with Gasteiger partial charge in [0.15, 0.2) is 0 Å². The van der Waals surface area contributed by atoms with Gasteiger partial charge >= 0.3 is 0 Å². The fraction of sp³-hybridized carbons (Fsp3) is 0.875. The van der Waals surface area contributed by atoms with Crippen molar-refractivity contribution in [1.29, 1.82) is 0 Å². The molecule has 0 saturated heterocycles. The molecule has 0 aliphatic heterocycles. The summed E-state index contributed by atoms with van der Waals surface area (Å²) in [6.07, 6.45) is 3.03. The van der Waals surface area contributed by atoms with Gasteiger partial charge in [-0.3, -0.25) is 0 Å². The minimum Gasteiger partial charge on any atom is -0.379 e. The van der Waals surface area contributed by atoms with E-state index in [-0.39, 0.29) is 11.0 Å². The lowest BCUT2D eigenvalue weighted by molar-refractivity contribution is 0.00752. The maximum atomic E-state index is 5.51. The van der Waals surface area contributed by atoms with Crippen LogP contribution >= 0.6 is 0 Å². The molecule has 106 valence electrons. The summed E-state index contributed by atoms with van der Waals surface area (Å²) in [5, 5.41) is 3.56. The highest BCUT2D eigenvalue weighted by atomic mass is 16.5. The Balaban J connectivity index is 4.43. The summed E-state index contributed by atoms with van der Waals surface area (Å²) in [4.78, 5) is 0. The molecule has 0 aliphatic carbocycles. The van der Waals surface area contributed by atoms with Crippen LogP contribution in [0.3, 0.4) is 0 Å². The highest BCUT2D eigenvalue weighted by Crippen LogP contribution is 2.17. The van der Waals surface area contributed by atoms with E-state index in [0.29, 0.717) is 6.04 Å². The Hall–Kier alpha value is -0.520. The van der Waals surface area contributed by atoms with Crippen LogP contribution in [0.5, 0.6) is 0 Å². The van der Waals surface area contributed by atoms with Crippen LogP contribution in [0.2, 0.25) is 0 Å². The standard InChI is InChI=1S/C16H31NO/c1-8-12-17-14(13-16(5,6)18-7)10-9-11-15(2,3)4/h14,17H,8,10,12-13H2,1-7H3. The molecule has 0 amide bonds. The van der Waals surface area contributed by atoms with Crippen molar-refractivity contribution in [2.24, 2.45) is 5.41 Å². The second kappa shape index (κ2) is 7.81. The Morgan fingerprint density at radius 3 is 2.22 bits per heavy atom. The summed E-state index contributed by atoms with van der Waals surface area (Å²) in [7, 11) is 1.78. The molecular weight excluding hydrogens is 222 g/mol. The molecule has 1 N–H and O–H groups in total. The second-order valence-electron chi connectivity index (χ2n) is 6.57. The molecule has 0 spiro atoms. The van der Waals surface area contributed by atoms with Crippen LogP contribution in [0.25, 0.3) is 0 Å². The lowest BCUT2D eigenvalue weighted by atomic mass is 9.94. The quantitative estimate of drug-likeness (QED) is 0.700. The van der Waals surface area contributed by atoms with Gasteiger partial charge in [0, 0.05) is 25.0 Å². The van der Waals surface area contributed by atoms with Crippen LogP contribution in [-0.4, -0.2) is 25.3 Å². The van der Waals surface area contributed by atoms with Gasteiger partial charge in [-0.1, -0.05) is 12.8 Å². The predicted molar refractivity (Wildman–Crippen MR) is 79.6 cm³/mol. The molecule has 1 unspecified atom stereocenters. The van der Waals surface area contributed by atoms with Crippen molar-refractivity contribution in [1.82, 2.24) is 5.32 Å². The molecule has 0 fully saturated rings. The van der Waals surface area contributed by atoms with E-state index < -0.39 is 0 Å². The van der Waals surface area contributed by atoms with Gasteiger partial charge < -0.3 is 10.1 Å². The molecule has 0 heterocycles. The average molecular weight is 253 g/mol. The number of nitrogens with one attached hydrogen (secondary N) is 1. The fourth-order valence-corrected chi connectivity index (χ4v) is 1.68. The third-order valence-electron chi connectivity index (χ3n) is 2.79. The van der Waals surface area contributed by atoms with E-state index in [0.717, 1.165) is 25.8 Å². The fourth-order valence-electron chi connectivity index (χ4n) is 1.68. The SMILES string of the molecule is CCCNC(CC#CC(C)(C)C)CC(C)(C)OC. The van der Waals surface area contributed by atoms with E-state index in [1.54, 1.807) is 7.11 Å². The van der Waals surface area contributed by atoms with E-state index in [1.807, 2.05) is 0 Å². The largest absolute Gasteiger partial charge is 0.379 e. The molecule has 0 radical (unpaired) electrons. The lowest BCUT2D eigenvalue weighted by Gasteiger charge is -2.28. The highest BCUT2D eigenvalue weighted by Gasteiger charge is 2.21. The van der Waals surface area contributed by atoms with E-state index in [1.165, 1.54) is 0 Å². The molecule has 0 saturated carbocycles. The smallest absolute Gasteiger partial charge is 0.0637 e. The molecular formula is C16H31NO. The minimum atomic E-state index is -0.0885. The summed E-state index contributed by atoms with van der Waals surface area (Å²) in [5.74, 6) is 6.61. The Kier molecular flexibility index (Phi) is 7.59. The summed E-state index contributed by atoms with van der Waals surface area (Å²) in [6.45, 7) is 13.9. The minimum absolute atomic E-state index is 0.0885. The van der Waals surface area contributed by atoms with Crippen molar-refractivity contribution in [2.75, 3.05) is 13.7 Å². The zero-order chi connectivity index (χ0) is 14.2. The average Bonchev–Trinajstić information content (AvgIpc) is 2.23. The highest BCUT2D eigenvalue weighted by molar-refractivity contribution is 5.08. The van der Waals surface area contributed by atoms with Crippen molar-refractivity contribution in [3.05, 3.63) is 0 Å². The second-order valence-corrected chi connectivity index (χ2v) is 6.57. The Labute approximate surface area is 114 Å². The molecule has 0 aliphatic rings. The van der Waals surface area contributed by atoms with Crippen LogP contribution in [-0.2, 0) is 4.74 Å². The topological polar surface area (TPSA) is 21.3 Å². The van der Waals surface area contributed by atoms with Crippen LogP contribution < -0.4 is 5.32 Å². The number of methoxy groups -OCH3 is 1. The van der Waals surface area contributed by atoms with E-state index >= 15 is 0 Å². The molecule has 1 atom stereocenters. The van der Waals surface area contributed by atoms with Gasteiger partial charge in [-0.15, -0.1) is 5.92 Å². The molecule has 0 aromatic heterocycles. The normalized spacial score (nSPS) is 13.9. The summed E-state index contributed by atoms with van der Waals surface area (Å²) >= 11 is 0. The number of hydrogen-bond donors (Lipinski definition) is 1. The first-order valence-electron chi connectivity index (χ1n) is 6.99. The summed E-state index contributed by atoms with van der Waals surface area (Å²) in [5.41, 5.74) is 0.000894. The van der Waals surface area contributed by atoms with Crippen molar-refractivity contribution in [3.63, 3.8) is 0 Å². The molecule has 0 aromatic carbocycles. The van der Waals surface area contributed by atoms with Gasteiger partial charge in [0.2, 0.25) is 0 Å². The Morgan fingerprint density at radius 1 is 1.17 bits per heavy atom. The van der Waals surface area contributed by atoms with Crippen molar-refractivity contribution in [2.45, 2.75) is 72.4 Å². The monoisotopic (exact) mass is 253 g/mol. The zero-order valence-electron chi connectivity index (χ0n) is 13.3. The van der Waals surface area contributed by atoms with Gasteiger partial charge in [-0.2, -0.15) is 0 Å². The first-order valence-corrected chi connectivity index (χ1v) is 6.99. The predicted octanol–water partition coefficient (Wildman–Crippen LogP) is 3.61. The van der Waals surface area contributed by atoms with Crippen molar-refractivity contribution < 1.29 is 4.74 Å². The third kappa shape index (κ3) is 9.50. The number of hydrogen-bond acceptors (Lipinski definition) is 2. The van der Waals surface area contributed by atoms with Gasteiger partial charge in [-0.25, -0.2) is 0 Å². The van der Waals surface area contributed by atoms with E-state index in [9.17, 15) is 0 Å². The molecule has 2 heteroatoms. The first-order chi connectivity index (χ1) is 8.20. The van der Waals surface area contributed by atoms with Crippen LogP contribution in [0.1, 0.15) is 60.8 Å². The summed E-state index contributed by atoms with van der Waals surface area (Å²) in [6, 6.07) is 0.412. The maximum absolute atomic E-state index is 5.51. The third-order valence-corrected chi connectivity index (χ3v) is 2.79. The molecule has 0 aromatic rings. The number of ether oxygens (including phenoxy) is 1. The van der Waals surface area contributed by atoms with Crippen molar-refractivity contribution >= 4 is 0 Å².